The van der Waals surface area contributed by atoms with Gasteiger partial charge >= 0.3 is 6.03 Å². The Labute approximate surface area is 135 Å². The third-order valence-corrected chi connectivity index (χ3v) is 3.65. The summed E-state index contributed by atoms with van der Waals surface area (Å²) < 4.78 is 5.58. The molecule has 0 bridgehead atoms. The van der Waals surface area contributed by atoms with Crippen molar-refractivity contribution in [2.24, 2.45) is 0 Å². The molecule has 0 heterocycles. The number of carbonyl (C=O) groups excluding carboxylic acids is 1. The summed E-state index contributed by atoms with van der Waals surface area (Å²) in [7, 11) is 0. The van der Waals surface area contributed by atoms with Gasteiger partial charge < -0.3 is 15.4 Å². The predicted octanol–water partition coefficient (Wildman–Crippen LogP) is 4.37. The molecule has 0 aromatic heterocycles. The second-order valence-corrected chi connectivity index (χ2v) is 5.25. The summed E-state index contributed by atoms with van der Waals surface area (Å²) in [6, 6.07) is 12.8. The Balaban J connectivity index is 1.84. The van der Waals surface area contributed by atoms with Gasteiger partial charge in [0, 0.05) is 10.7 Å². The molecular weight excluding hydrogens is 300 g/mol. The van der Waals surface area contributed by atoms with Crippen LogP contribution in [0.15, 0.2) is 42.5 Å². The Morgan fingerprint density at radius 2 is 2.00 bits per heavy atom. The third-order valence-electron chi connectivity index (χ3n) is 3.24. The van der Waals surface area contributed by atoms with Crippen LogP contribution in [0.1, 0.15) is 18.1 Å². The lowest BCUT2D eigenvalue weighted by atomic mass is 10.1. The van der Waals surface area contributed by atoms with E-state index >= 15 is 0 Å². The summed E-state index contributed by atoms with van der Waals surface area (Å²) in [4.78, 5) is 11.8. The average molecular weight is 319 g/mol. The van der Waals surface area contributed by atoms with E-state index in [1.807, 2.05) is 37.3 Å². The highest BCUT2D eigenvalue weighted by Crippen LogP contribution is 2.20. The highest BCUT2D eigenvalue weighted by atomic mass is 35.5. The standard InChI is InChI=1S/C17H19ClN2O2/c1-3-13-6-4-5-7-16(13)22-11-19-17(21)20-14-9-8-12(2)15(18)10-14/h4-10H,3,11H2,1-2H3,(H2,19,20,21). The van der Waals surface area contributed by atoms with Crippen LogP contribution in [0.25, 0.3) is 0 Å². The van der Waals surface area contributed by atoms with E-state index < -0.39 is 0 Å². The number of hydrogen-bond donors (Lipinski definition) is 2. The first kappa shape index (κ1) is 16.2. The van der Waals surface area contributed by atoms with Crippen molar-refractivity contribution in [3.05, 3.63) is 58.6 Å². The summed E-state index contributed by atoms with van der Waals surface area (Å²) in [6.45, 7) is 4.07. The van der Waals surface area contributed by atoms with Crippen LogP contribution in [0.2, 0.25) is 5.02 Å². The Bertz CT molecular complexity index is 659. The van der Waals surface area contributed by atoms with Gasteiger partial charge in [-0.25, -0.2) is 4.79 Å². The molecule has 2 aromatic carbocycles. The minimum atomic E-state index is -0.339. The molecule has 0 saturated heterocycles. The molecule has 0 radical (unpaired) electrons. The maximum absolute atomic E-state index is 11.8. The number of hydrogen-bond acceptors (Lipinski definition) is 2. The number of para-hydroxylation sites is 1. The van der Waals surface area contributed by atoms with E-state index in [4.69, 9.17) is 16.3 Å². The van der Waals surface area contributed by atoms with Crippen molar-refractivity contribution in [1.29, 1.82) is 0 Å². The number of nitrogens with one attached hydrogen (secondary N) is 2. The fourth-order valence-corrected chi connectivity index (χ4v) is 2.14. The second kappa shape index (κ2) is 7.71. The van der Waals surface area contributed by atoms with Crippen molar-refractivity contribution in [3.63, 3.8) is 0 Å². The molecule has 2 amide bonds. The first-order chi connectivity index (χ1) is 10.6. The van der Waals surface area contributed by atoms with Gasteiger partial charge in [-0.1, -0.05) is 42.8 Å². The first-order valence-electron chi connectivity index (χ1n) is 7.12. The maximum atomic E-state index is 11.8. The van der Waals surface area contributed by atoms with Gasteiger partial charge in [0.2, 0.25) is 0 Å². The summed E-state index contributed by atoms with van der Waals surface area (Å²) >= 11 is 6.02. The smallest absolute Gasteiger partial charge is 0.321 e. The van der Waals surface area contributed by atoms with Gasteiger partial charge in [-0.2, -0.15) is 0 Å². The fourth-order valence-electron chi connectivity index (χ4n) is 1.96. The lowest BCUT2D eigenvalue weighted by Gasteiger charge is -2.12. The van der Waals surface area contributed by atoms with Crippen LogP contribution in [-0.4, -0.2) is 12.8 Å². The Morgan fingerprint density at radius 3 is 2.73 bits per heavy atom. The monoisotopic (exact) mass is 318 g/mol. The van der Waals surface area contributed by atoms with Crippen LogP contribution < -0.4 is 15.4 Å². The number of urea groups is 1. The highest BCUT2D eigenvalue weighted by Gasteiger charge is 2.04. The fraction of sp³-hybridized carbons (Fsp3) is 0.235. The molecule has 0 aliphatic heterocycles. The molecule has 0 aliphatic rings. The van der Waals surface area contributed by atoms with Gasteiger partial charge in [0.25, 0.3) is 0 Å². The molecule has 0 fully saturated rings. The molecule has 2 rings (SSSR count). The summed E-state index contributed by atoms with van der Waals surface area (Å²) in [6.07, 6.45) is 0.879. The lowest BCUT2D eigenvalue weighted by Crippen LogP contribution is -2.32. The molecule has 0 spiro atoms. The summed E-state index contributed by atoms with van der Waals surface area (Å²) in [5.41, 5.74) is 2.71. The number of anilines is 1. The number of ether oxygens (including phenoxy) is 1. The van der Waals surface area contributed by atoms with E-state index in [2.05, 4.69) is 17.6 Å². The number of amides is 2. The summed E-state index contributed by atoms with van der Waals surface area (Å²) in [5, 5.41) is 5.98. The van der Waals surface area contributed by atoms with Crippen LogP contribution in [-0.2, 0) is 6.42 Å². The van der Waals surface area contributed by atoms with E-state index in [1.54, 1.807) is 12.1 Å². The Morgan fingerprint density at radius 1 is 1.23 bits per heavy atom. The normalized spacial score (nSPS) is 10.1. The molecule has 4 nitrogen and oxygen atoms in total. The molecule has 0 saturated carbocycles. The maximum Gasteiger partial charge on any atom is 0.321 e. The number of benzene rings is 2. The second-order valence-electron chi connectivity index (χ2n) is 4.84. The largest absolute Gasteiger partial charge is 0.473 e. The number of aryl methyl sites for hydroxylation is 2. The molecule has 5 heteroatoms. The number of halogens is 1. The van der Waals surface area contributed by atoms with Gasteiger partial charge in [0.05, 0.1) is 0 Å². The van der Waals surface area contributed by atoms with Crippen LogP contribution >= 0.6 is 11.6 Å². The van der Waals surface area contributed by atoms with Crippen molar-refractivity contribution in [2.75, 3.05) is 12.0 Å². The molecule has 2 aromatic rings. The Hall–Kier alpha value is -2.20. The quantitative estimate of drug-likeness (QED) is 0.804. The van der Waals surface area contributed by atoms with Gasteiger partial charge in [0.15, 0.2) is 6.73 Å². The third kappa shape index (κ3) is 4.40. The zero-order valence-corrected chi connectivity index (χ0v) is 13.4. The van der Waals surface area contributed by atoms with E-state index in [-0.39, 0.29) is 12.8 Å². The van der Waals surface area contributed by atoms with E-state index in [9.17, 15) is 4.79 Å². The van der Waals surface area contributed by atoms with Crippen LogP contribution in [0.4, 0.5) is 10.5 Å². The van der Waals surface area contributed by atoms with Crippen molar-refractivity contribution in [2.45, 2.75) is 20.3 Å². The molecule has 0 atom stereocenters. The van der Waals surface area contributed by atoms with Gasteiger partial charge in [-0.05, 0) is 42.7 Å². The molecule has 2 N–H and O–H groups in total. The zero-order chi connectivity index (χ0) is 15.9. The number of carbonyl (C=O) groups is 1. The van der Waals surface area contributed by atoms with Crippen LogP contribution in [0, 0.1) is 6.92 Å². The van der Waals surface area contributed by atoms with E-state index in [0.29, 0.717) is 10.7 Å². The van der Waals surface area contributed by atoms with Gasteiger partial charge in [-0.3, -0.25) is 0 Å². The first-order valence-corrected chi connectivity index (χ1v) is 7.49. The Kier molecular flexibility index (Phi) is 5.67. The van der Waals surface area contributed by atoms with Crippen LogP contribution in [0.5, 0.6) is 5.75 Å². The van der Waals surface area contributed by atoms with E-state index in [0.717, 1.165) is 23.3 Å². The SMILES string of the molecule is CCc1ccccc1OCNC(=O)Nc1ccc(C)c(Cl)c1. The van der Waals surface area contributed by atoms with E-state index in [1.165, 1.54) is 0 Å². The minimum absolute atomic E-state index is 0.0996. The molecular formula is C17H19ClN2O2. The van der Waals surface area contributed by atoms with Crippen molar-refractivity contribution < 1.29 is 9.53 Å². The highest BCUT2D eigenvalue weighted by molar-refractivity contribution is 6.31. The molecule has 0 unspecified atom stereocenters. The molecule has 22 heavy (non-hydrogen) atoms. The van der Waals surface area contributed by atoms with Gasteiger partial charge in [0.1, 0.15) is 5.75 Å². The van der Waals surface area contributed by atoms with Crippen molar-refractivity contribution in [1.82, 2.24) is 5.32 Å². The topological polar surface area (TPSA) is 50.4 Å². The number of rotatable bonds is 5. The lowest BCUT2D eigenvalue weighted by molar-refractivity contribution is 0.234. The average Bonchev–Trinajstić information content (AvgIpc) is 2.51. The van der Waals surface area contributed by atoms with Gasteiger partial charge in [-0.15, -0.1) is 0 Å². The zero-order valence-electron chi connectivity index (χ0n) is 12.7. The van der Waals surface area contributed by atoms with Crippen LogP contribution in [0.3, 0.4) is 0 Å². The summed E-state index contributed by atoms with van der Waals surface area (Å²) in [5.74, 6) is 0.781. The predicted molar refractivity (Wildman–Crippen MR) is 89.7 cm³/mol. The minimum Gasteiger partial charge on any atom is -0.473 e. The van der Waals surface area contributed by atoms with Crippen molar-refractivity contribution in [3.8, 4) is 5.75 Å². The molecule has 116 valence electrons. The molecule has 0 aliphatic carbocycles. The van der Waals surface area contributed by atoms with Crippen molar-refractivity contribution >= 4 is 23.3 Å².